The summed E-state index contributed by atoms with van der Waals surface area (Å²) in [7, 11) is 0. The molecule has 0 amide bonds. The number of benzene rings is 2. The summed E-state index contributed by atoms with van der Waals surface area (Å²) in [4.78, 5) is 0. The molecule has 0 spiro atoms. The summed E-state index contributed by atoms with van der Waals surface area (Å²) in [6, 6.07) is 16.7. The van der Waals surface area contributed by atoms with Crippen LogP contribution in [0.2, 0.25) is 0 Å². The number of nitrogens with one attached hydrogen (secondary N) is 1. The number of hydrogen-bond acceptors (Lipinski definition) is 2. The van der Waals surface area contributed by atoms with Crippen molar-refractivity contribution in [3.8, 4) is 5.75 Å². The van der Waals surface area contributed by atoms with E-state index in [1.54, 1.807) is 6.07 Å². The number of halogens is 1. The van der Waals surface area contributed by atoms with E-state index in [1.165, 1.54) is 18.4 Å². The first-order valence-electron chi connectivity index (χ1n) is 6.98. The minimum atomic E-state index is 0.378. The molecule has 0 aromatic heterocycles. The fourth-order valence-electron chi connectivity index (χ4n) is 2.73. The van der Waals surface area contributed by atoms with Gasteiger partial charge in [-0.15, -0.1) is 0 Å². The number of aromatic hydroxyl groups is 1. The number of para-hydroxylation sites is 1. The van der Waals surface area contributed by atoms with Gasteiger partial charge in [0.1, 0.15) is 5.75 Å². The van der Waals surface area contributed by atoms with Gasteiger partial charge in [-0.25, -0.2) is 0 Å². The van der Waals surface area contributed by atoms with E-state index >= 15 is 0 Å². The predicted molar refractivity (Wildman–Crippen MR) is 84.9 cm³/mol. The van der Waals surface area contributed by atoms with Crippen LogP contribution in [0.4, 0.5) is 0 Å². The zero-order valence-electron chi connectivity index (χ0n) is 11.2. The molecule has 1 saturated carbocycles. The maximum Gasteiger partial charge on any atom is 0.120 e. The summed E-state index contributed by atoms with van der Waals surface area (Å²) >= 11 is 3.52. The summed E-state index contributed by atoms with van der Waals surface area (Å²) < 4.78 is 1.15. The van der Waals surface area contributed by atoms with Crippen molar-refractivity contribution in [2.24, 2.45) is 0 Å². The Bertz CT molecular complexity index is 593. The highest BCUT2D eigenvalue weighted by molar-refractivity contribution is 9.10. The lowest BCUT2D eigenvalue weighted by atomic mass is 9.76. The van der Waals surface area contributed by atoms with Crippen molar-refractivity contribution in [3.63, 3.8) is 0 Å². The van der Waals surface area contributed by atoms with E-state index in [0.717, 1.165) is 16.6 Å². The number of phenolic OH excluding ortho intramolecular Hbond substituents is 1. The number of phenols is 1. The molecule has 2 aromatic rings. The van der Waals surface area contributed by atoms with Gasteiger partial charge in [0.25, 0.3) is 0 Å². The molecule has 0 aliphatic heterocycles. The van der Waals surface area contributed by atoms with Crippen LogP contribution in [0.25, 0.3) is 0 Å². The Hall–Kier alpha value is -1.32. The third kappa shape index (κ3) is 3.05. The van der Waals surface area contributed by atoms with Gasteiger partial charge in [0.15, 0.2) is 0 Å². The van der Waals surface area contributed by atoms with Crippen LogP contribution in [-0.2, 0) is 6.54 Å². The second-order valence-corrected chi connectivity index (χ2v) is 6.35. The molecule has 0 saturated heterocycles. The SMILES string of the molecule is Oc1ccccc1CNC1CC(c2cccc(Br)c2)C1. The first-order valence-corrected chi connectivity index (χ1v) is 7.77. The minimum absolute atomic E-state index is 0.378. The summed E-state index contributed by atoms with van der Waals surface area (Å²) in [5, 5.41) is 13.2. The van der Waals surface area contributed by atoms with Crippen LogP contribution >= 0.6 is 15.9 Å². The highest BCUT2D eigenvalue weighted by atomic mass is 79.9. The summed E-state index contributed by atoms with van der Waals surface area (Å²) in [6.45, 7) is 0.739. The second-order valence-electron chi connectivity index (χ2n) is 5.43. The van der Waals surface area contributed by atoms with Crippen LogP contribution in [0.15, 0.2) is 53.0 Å². The van der Waals surface area contributed by atoms with Crippen molar-refractivity contribution in [3.05, 3.63) is 64.1 Å². The van der Waals surface area contributed by atoms with Crippen LogP contribution in [-0.4, -0.2) is 11.1 Å². The highest BCUT2D eigenvalue weighted by Gasteiger charge is 2.29. The molecule has 2 aromatic carbocycles. The molecule has 0 atom stereocenters. The van der Waals surface area contributed by atoms with Gasteiger partial charge >= 0.3 is 0 Å². The normalized spacial score (nSPS) is 21.4. The molecule has 0 heterocycles. The van der Waals surface area contributed by atoms with Gasteiger partial charge in [0.2, 0.25) is 0 Å². The molecule has 1 fully saturated rings. The molecule has 1 aliphatic rings. The summed E-state index contributed by atoms with van der Waals surface area (Å²) in [5.74, 6) is 1.04. The van der Waals surface area contributed by atoms with Crippen LogP contribution < -0.4 is 5.32 Å². The van der Waals surface area contributed by atoms with Crippen molar-refractivity contribution in [1.82, 2.24) is 5.32 Å². The molecular weight excluding hydrogens is 314 g/mol. The van der Waals surface area contributed by atoms with Gasteiger partial charge in [0, 0.05) is 22.6 Å². The Morgan fingerprint density at radius 3 is 2.65 bits per heavy atom. The summed E-state index contributed by atoms with van der Waals surface area (Å²) in [6.07, 6.45) is 2.34. The van der Waals surface area contributed by atoms with Crippen molar-refractivity contribution >= 4 is 15.9 Å². The van der Waals surface area contributed by atoms with E-state index in [0.29, 0.717) is 17.7 Å². The van der Waals surface area contributed by atoms with E-state index in [2.05, 4.69) is 45.5 Å². The van der Waals surface area contributed by atoms with E-state index in [9.17, 15) is 5.11 Å². The number of rotatable bonds is 4. The lowest BCUT2D eigenvalue weighted by Crippen LogP contribution is -2.39. The van der Waals surface area contributed by atoms with Gasteiger partial charge in [0.05, 0.1) is 0 Å². The molecule has 0 radical (unpaired) electrons. The van der Waals surface area contributed by atoms with Crippen molar-refractivity contribution < 1.29 is 5.11 Å². The maximum atomic E-state index is 9.73. The quantitative estimate of drug-likeness (QED) is 0.880. The smallest absolute Gasteiger partial charge is 0.120 e. The molecule has 3 heteroatoms. The Balaban J connectivity index is 1.50. The van der Waals surface area contributed by atoms with Gasteiger partial charge in [-0.2, -0.15) is 0 Å². The lowest BCUT2D eigenvalue weighted by Gasteiger charge is -2.36. The van der Waals surface area contributed by atoms with Gasteiger partial charge in [-0.05, 0) is 42.5 Å². The van der Waals surface area contributed by atoms with E-state index < -0.39 is 0 Å². The van der Waals surface area contributed by atoms with Gasteiger partial charge in [-0.1, -0.05) is 46.3 Å². The van der Waals surface area contributed by atoms with Gasteiger partial charge in [-0.3, -0.25) is 0 Å². The summed E-state index contributed by atoms with van der Waals surface area (Å²) in [5.41, 5.74) is 2.39. The van der Waals surface area contributed by atoms with Crippen molar-refractivity contribution in [2.45, 2.75) is 31.3 Å². The standard InChI is InChI=1S/C17H18BrNO/c18-15-6-3-5-12(8-15)14-9-16(10-14)19-11-13-4-1-2-7-17(13)20/h1-8,14,16,19-20H,9-11H2. The lowest BCUT2D eigenvalue weighted by molar-refractivity contribution is 0.288. The fourth-order valence-corrected chi connectivity index (χ4v) is 3.15. The topological polar surface area (TPSA) is 32.3 Å². The molecule has 1 aliphatic carbocycles. The molecule has 20 heavy (non-hydrogen) atoms. The minimum Gasteiger partial charge on any atom is -0.508 e. The largest absolute Gasteiger partial charge is 0.508 e. The number of hydrogen-bond donors (Lipinski definition) is 2. The van der Waals surface area contributed by atoms with Crippen molar-refractivity contribution in [1.29, 1.82) is 0 Å². The highest BCUT2D eigenvalue weighted by Crippen LogP contribution is 2.37. The fraction of sp³-hybridized carbons (Fsp3) is 0.294. The average Bonchev–Trinajstić information content (AvgIpc) is 2.39. The zero-order chi connectivity index (χ0) is 13.9. The van der Waals surface area contributed by atoms with Gasteiger partial charge < -0.3 is 10.4 Å². The molecule has 2 N–H and O–H groups in total. The third-order valence-electron chi connectivity index (χ3n) is 4.03. The molecule has 104 valence electrons. The Morgan fingerprint density at radius 1 is 1.10 bits per heavy atom. The zero-order valence-corrected chi connectivity index (χ0v) is 12.8. The van der Waals surface area contributed by atoms with Crippen LogP contribution in [0.3, 0.4) is 0 Å². The molecule has 2 nitrogen and oxygen atoms in total. The second kappa shape index (κ2) is 5.98. The molecule has 0 unspecified atom stereocenters. The Kier molecular flexibility index (Phi) is 4.08. The molecule has 0 bridgehead atoms. The van der Waals surface area contributed by atoms with E-state index in [1.807, 2.05) is 18.2 Å². The van der Waals surface area contributed by atoms with Crippen LogP contribution in [0.1, 0.15) is 29.9 Å². The molecule has 3 rings (SSSR count). The predicted octanol–water partition coefficient (Wildman–Crippen LogP) is 4.19. The Labute approximate surface area is 128 Å². The van der Waals surface area contributed by atoms with Crippen LogP contribution in [0, 0.1) is 0 Å². The first kappa shape index (κ1) is 13.7. The average molecular weight is 332 g/mol. The maximum absolute atomic E-state index is 9.73. The Morgan fingerprint density at radius 2 is 1.90 bits per heavy atom. The van der Waals surface area contributed by atoms with E-state index in [4.69, 9.17) is 0 Å². The first-order chi connectivity index (χ1) is 9.72. The van der Waals surface area contributed by atoms with Crippen LogP contribution in [0.5, 0.6) is 5.75 Å². The third-order valence-corrected chi connectivity index (χ3v) is 4.52. The van der Waals surface area contributed by atoms with E-state index in [-0.39, 0.29) is 0 Å². The monoisotopic (exact) mass is 331 g/mol. The molecular formula is C17H18BrNO. The van der Waals surface area contributed by atoms with Crippen molar-refractivity contribution in [2.75, 3.05) is 0 Å².